The van der Waals surface area contributed by atoms with Gasteiger partial charge in [-0.1, -0.05) is 18.2 Å². The van der Waals surface area contributed by atoms with Gasteiger partial charge >= 0.3 is 12.1 Å². The monoisotopic (exact) mass is 554 g/mol. The van der Waals surface area contributed by atoms with Crippen molar-refractivity contribution in [2.45, 2.75) is 23.4 Å². The summed E-state index contributed by atoms with van der Waals surface area (Å²) in [4.78, 5) is 52.1. The summed E-state index contributed by atoms with van der Waals surface area (Å²) in [6.45, 7) is -0.849. The number of fused-ring (bicyclic) bond motifs is 5. The van der Waals surface area contributed by atoms with Crippen LogP contribution in [-0.4, -0.2) is 41.1 Å². The second-order valence-electron chi connectivity index (χ2n) is 9.23. The highest BCUT2D eigenvalue weighted by Crippen LogP contribution is 2.59. The maximum absolute atomic E-state index is 13.2. The third-order valence-corrected chi connectivity index (χ3v) is 8.49. The summed E-state index contributed by atoms with van der Waals surface area (Å²) in [5, 5.41) is 1.27. The molecule has 194 valence electrons. The summed E-state index contributed by atoms with van der Waals surface area (Å²) in [6, 6.07) is 9.99. The lowest BCUT2D eigenvalue weighted by molar-refractivity contribution is -0.137. The minimum atomic E-state index is -4.68. The summed E-state index contributed by atoms with van der Waals surface area (Å²) >= 11 is 12.8. The van der Waals surface area contributed by atoms with Gasteiger partial charge in [0.15, 0.2) is 6.61 Å². The first kappa shape index (κ1) is 25.5. The molecule has 1 N–H and O–H groups in total. The second kappa shape index (κ2) is 9.33. The van der Waals surface area contributed by atoms with E-state index >= 15 is 0 Å². The molecule has 1 saturated heterocycles. The van der Waals surface area contributed by atoms with Crippen molar-refractivity contribution in [2.75, 3.05) is 16.8 Å². The van der Waals surface area contributed by atoms with Crippen LogP contribution < -0.4 is 10.2 Å². The summed E-state index contributed by atoms with van der Waals surface area (Å²) in [6.07, 6.45) is -4.07. The Kier molecular flexibility index (Phi) is 6.44. The molecule has 0 unspecified atom stereocenters. The molecule has 37 heavy (non-hydrogen) atoms. The van der Waals surface area contributed by atoms with Crippen LogP contribution in [0.25, 0.3) is 0 Å². The number of amides is 3. The molecule has 1 aliphatic heterocycles. The van der Waals surface area contributed by atoms with Gasteiger partial charge in [0.2, 0.25) is 11.8 Å². The van der Waals surface area contributed by atoms with E-state index in [1.165, 1.54) is 36.4 Å². The molecular formula is C25H19Cl2F3N2O5. The van der Waals surface area contributed by atoms with Gasteiger partial charge in [0.1, 0.15) is 0 Å². The highest BCUT2D eigenvalue weighted by molar-refractivity contribution is 6.32. The molecule has 5 rings (SSSR count). The maximum atomic E-state index is 13.2. The fourth-order valence-electron chi connectivity index (χ4n) is 5.62. The van der Waals surface area contributed by atoms with E-state index in [9.17, 15) is 32.3 Å². The van der Waals surface area contributed by atoms with Crippen LogP contribution in [0.1, 0.15) is 22.3 Å². The van der Waals surface area contributed by atoms with Crippen LogP contribution in [0.15, 0.2) is 48.5 Å². The van der Waals surface area contributed by atoms with Crippen LogP contribution in [0.4, 0.5) is 24.5 Å². The molecule has 1 heterocycles. The van der Waals surface area contributed by atoms with Crippen LogP contribution in [0, 0.1) is 23.7 Å². The number of rotatable bonds is 5. The molecule has 0 aromatic heterocycles. The quantitative estimate of drug-likeness (QED) is 0.334. The van der Waals surface area contributed by atoms with Crippen molar-refractivity contribution in [3.63, 3.8) is 0 Å². The SMILES string of the molecule is O=C(COC(=O)c1cccc(N2C(=O)[C@@H]3[C@H]4C[C@@H]([C@H](Cl)[C@H]4Cl)[C@H]3C2=O)c1)Nc1ccccc1C(F)(F)F. The molecule has 3 amide bonds. The molecule has 0 radical (unpaired) electrons. The Balaban J connectivity index is 1.26. The predicted molar refractivity (Wildman–Crippen MR) is 127 cm³/mol. The molecule has 2 bridgehead atoms. The number of nitrogens with zero attached hydrogens (tertiary/aromatic N) is 1. The van der Waals surface area contributed by atoms with Crippen LogP contribution in [-0.2, 0) is 25.3 Å². The summed E-state index contributed by atoms with van der Waals surface area (Å²) in [5.74, 6) is -4.25. The average molecular weight is 555 g/mol. The Bertz CT molecular complexity index is 1270. The molecule has 2 saturated carbocycles. The van der Waals surface area contributed by atoms with E-state index in [0.717, 1.165) is 17.0 Å². The lowest BCUT2D eigenvalue weighted by Crippen LogP contribution is -2.37. The fourth-order valence-corrected chi connectivity index (χ4v) is 6.51. The molecule has 6 atom stereocenters. The zero-order chi connectivity index (χ0) is 26.6. The Hall–Kier alpha value is -3.11. The Morgan fingerprint density at radius 1 is 0.973 bits per heavy atom. The van der Waals surface area contributed by atoms with Crippen molar-refractivity contribution in [3.8, 4) is 0 Å². The number of halogens is 5. The van der Waals surface area contributed by atoms with E-state index in [2.05, 4.69) is 5.32 Å². The number of hydrogen-bond donors (Lipinski definition) is 1. The molecule has 2 aromatic carbocycles. The first-order valence-corrected chi connectivity index (χ1v) is 12.3. The Labute approximate surface area is 218 Å². The largest absolute Gasteiger partial charge is 0.452 e. The van der Waals surface area contributed by atoms with E-state index in [0.29, 0.717) is 6.42 Å². The van der Waals surface area contributed by atoms with Gasteiger partial charge < -0.3 is 10.1 Å². The van der Waals surface area contributed by atoms with Crippen molar-refractivity contribution in [1.29, 1.82) is 0 Å². The summed E-state index contributed by atoms with van der Waals surface area (Å²) in [5.41, 5.74) is -1.39. The second-order valence-corrected chi connectivity index (χ2v) is 10.2. The van der Waals surface area contributed by atoms with Gasteiger partial charge in [0, 0.05) is 0 Å². The third-order valence-electron chi connectivity index (χ3n) is 7.17. The number of anilines is 2. The number of alkyl halides is 5. The number of imide groups is 1. The van der Waals surface area contributed by atoms with E-state index < -0.39 is 70.3 Å². The third kappa shape index (κ3) is 4.35. The standard InChI is InChI=1S/C25H19Cl2F3N2O5/c26-20-13-9-14(21(20)27)19-18(13)22(34)32(23(19)35)12-5-3-4-11(8-12)24(36)37-10-17(33)31-16-7-2-1-6-15(16)25(28,29)30/h1-8,13-14,18-21H,9-10H2,(H,31,33)/t13-,14-,18-,19-,20+,21+/m1/s1. The molecule has 12 heteroatoms. The van der Waals surface area contributed by atoms with E-state index in [-0.39, 0.29) is 23.1 Å². The molecule has 2 aliphatic carbocycles. The lowest BCUT2D eigenvalue weighted by Gasteiger charge is -2.28. The molecule has 0 spiro atoms. The number of ether oxygens (including phenoxy) is 1. The van der Waals surface area contributed by atoms with Gasteiger partial charge in [-0.25, -0.2) is 4.79 Å². The Morgan fingerprint density at radius 3 is 2.22 bits per heavy atom. The maximum Gasteiger partial charge on any atom is 0.418 e. The molecule has 3 fully saturated rings. The average Bonchev–Trinajstić information content (AvgIpc) is 3.47. The van der Waals surface area contributed by atoms with Crippen LogP contribution >= 0.6 is 23.2 Å². The predicted octanol–water partition coefficient (Wildman–Crippen LogP) is 4.47. The number of esters is 1. The highest BCUT2D eigenvalue weighted by atomic mass is 35.5. The van der Waals surface area contributed by atoms with Crippen molar-refractivity contribution in [3.05, 3.63) is 59.7 Å². The van der Waals surface area contributed by atoms with Gasteiger partial charge in [0.25, 0.3) is 5.91 Å². The normalized spacial score (nSPS) is 28.4. The van der Waals surface area contributed by atoms with Crippen molar-refractivity contribution >= 4 is 58.3 Å². The van der Waals surface area contributed by atoms with Crippen LogP contribution in [0.5, 0.6) is 0 Å². The van der Waals surface area contributed by atoms with E-state index in [1.54, 1.807) is 0 Å². The van der Waals surface area contributed by atoms with E-state index in [4.69, 9.17) is 27.9 Å². The summed E-state index contributed by atoms with van der Waals surface area (Å²) < 4.78 is 44.3. The van der Waals surface area contributed by atoms with Crippen LogP contribution in [0.3, 0.4) is 0 Å². The van der Waals surface area contributed by atoms with Crippen LogP contribution in [0.2, 0.25) is 0 Å². The van der Waals surface area contributed by atoms with Crippen molar-refractivity contribution in [1.82, 2.24) is 0 Å². The van der Waals surface area contributed by atoms with Crippen molar-refractivity contribution < 1.29 is 37.1 Å². The minimum absolute atomic E-state index is 0.0490. The number of carbonyl (C=O) groups excluding carboxylic acids is 4. The smallest absolute Gasteiger partial charge is 0.418 e. The van der Waals surface area contributed by atoms with Crippen molar-refractivity contribution in [2.24, 2.45) is 23.7 Å². The lowest BCUT2D eigenvalue weighted by atomic mass is 9.80. The highest BCUT2D eigenvalue weighted by Gasteiger charge is 2.67. The topological polar surface area (TPSA) is 92.8 Å². The molecule has 7 nitrogen and oxygen atoms in total. The number of carbonyl (C=O) groups is 4. The first-order valence-electron chi connectivity index (χ1n) is 11.4. The van der Waals surface area contributed by atoms with Gasteiger partial charge in [-0.05, 0) is 48.6 Å². The number of para-hydroxylation sites is 1. The fraction of sp³-hybridized carbons (Fsp3) is 0.360. The van der Waals surface area contributed by atoms with Gasteiger partial charge in [-0.3, -0.25) is 19.3 Å². The molecule has 2 aromatic rings. The molecule has 3 aliphatic rings. The Morgan fingerprint density at radius 2 is 1.59 bits per heavy atom. The van der Waals surface area contributed by atoms with E-state index in [1.807, 2.05) is 0 Å². The first-order chi connectivity index (χ1) is 17.5. The number of benzene rings is 2. The summed E-state index contributed by atoms with van der Waals surface area (Å²) in [7, 11) is 0. The van der Waals surface area contributed by atoms with Gasteiger partial charge in [-0.15, -0.1) is 23.2 Å². The zero-order valence-corrected chi connectivity index (χ0v) is 20.4. The number of nitrogens with one attached hydrogen (secondary N) is 1. The van der Waals surface area contributed by atoms with Gasteiger partial charge in [-0.2, -0.15) is 13.2 Å². The minimum Gasteiger partial charge on any atom is -0.452 e. The molecular weight excluding hydrogens is 536 g/mol. The van der Waals surface area contributed by atoms with Gasteiger partial charge in [0.05, 0.1) is 45.1 Å². The number of hydrogen-bond acceptors (Lipinski definition) is 5. The zero-order valence-electron chi connectivity index (χ0n) is 18.9.